The maximum Gasteiger partial charge on any atom is 0.170 e. The topological polar surface area (TPSA) is 29.1 Å². The molecule has 0 bridgehead atoms. The summed E-state index contributed by atoms with van der Waals surface area (Å²) >= 11 is 2.21. The lowest BCUT2D eigenvalue weighted by atomic mass is 9.94. The van der Waals surface area contributed by atoms with Gasteiger partial charge in [-0.3, -0.25) is 4.79 Å². The van der Waals surface area contributed by atoms with E-state index in [-0.39, 0.29) is 0 Å². The van der Waals surface area contributed by atoms with Crippen molar-refractivity contribution in [3.8, 4) is 0 Å². The molecule has 0 amide bonds. The van der Waals surface area contributed by atoms with Gasteiger partial charge in [-0.05, 0) is 48.3 Å². The van der Waals surface area contributed by atoms with E-state index < -0.39 is 0 Å². The van der Waals surface area contributed by atoms with Gasteiger partial charge in [0.25, 0.3) is 0 Å². The molecule has 84 valence electrons. The summed E-state index contributed by atoms with van der Waals surface area (Å²) in [6.07, 6.45) is 9.47. The molecule has 15 heavy (non-hydrogen) atoms. The Hall–Kier alpha value is -0.0600. The lowest BCUT2D eigenvalue weighted by Gasteiger charge is -2.27. The van der Waals surface area contributed by atoms with E-state index in [4.69, 9.17) is 0 Å². The summed E-state index contributed by atoms with van der Waals surface area (Å²) in [5.74, 6) is 0.333. The molecule has 0 heterocycles. The molecule has 2 aliphatic rings. The molecule has 0 aromatic rings. The Labute approximate surface area is 105 Å². The SMILES string of the molecule is O=C1CCCC(NC2CCCCC2)=C1I. The predicted octanol–water partition coefficient (Wildman–Crippen LogP) is 3.31. The normalized spacial score (nSPS) is 24.5. The first-order valence-corrected chi connectivity index (χ1v) is 7.03. The first kappa shape index (κ1) is 11.4. The maximum atomic E-state index is 11.5. The fraction of sp³-hybridized carbons (Fsp3) is 0.750. The highest BCUT2D eigenvalue weighted by Gasteiger charge is 2.21. The number of carbonyl (C=O) groups is 1. The van der Waals surface area contributed by atoms with E-state index in [2.05, 4.69) is 27.9 Å². The Morgan fingerprint density at radius 3 is 2.53 bits per heavy atom. The molecule has 0 spiro atoms. The summed E-state index contributed by atoms with van der Waals surface area (Å²) in [6.45, 7) is 0. The minimum atomic E-state index is 0.333. The highest BCUT2D eigenvalue weighted by atomic mass is 127. The van der Waals surface area contributed by atoms with Crippen LogP contribution >= 0.6 is 22.6 Å². The molecule has 1 fully saturated rings. The van der Waals surface area contributed by atoms with Gasteiger partial charge in [0, 0.05) is 18.2 Å². The van der Waals surface area contributed by atoms with E-state index >= 15 is 0 Å². The molecule has 0 aromatic carbocycles. The Kier molecular flexibility index (Phi) is 4.05. The Morgan fingerprint density at radius 1 is 1.07 bits per heavy atom. The average Bonchev–Trinajstić information content (AvgIpc) is 2.26. The minimum absolute atomic E-state index is 0.333. The van der Waals surface area contributed by atoms with Crippen LogP contribution in [-0.2, 0) is 4.79 Å². The third kappa shape index (κ3) is 2.95. The molecule has 0 radical (unpaired) electrons. The summed E-state index contributed by atoms with van der Waals surface area (Å²) in [5, 5.41) is 3.59. The summed E-state index contributed by atoms with van der Waals surface area (Å²) in [5.41, 5.74) is 1.22. The second-order valence-electron chi connectivity index (χ2n) is 4.55. The molecule has 1 N–H and O–H groups in total. The highest BCUT2D eigenvalue weighted by Crippen LogP contribution is 2.27. The Balaban J connectivity index is 1.97. The first-order valence-electron chi connectivity index (χ1n) is 5.96. The van der Waals surface area contributed by atoms with Gasteiger partial charge >= 0.3 is 0 Å². The van der Waals surface area contributed by atoms with Crippen LogP contribution in [0.15, 0.2) is 9.28 Å². The van der Waals surface area contributed by atoms with Crippen LogP contribution in [0.2, 0.25) is 0 Å². The van der Waals surface area contributed by atoms with Crippen LogP contribution < -0.4 is 5.32 Å². The second kappa shape index (κ2) is 5.32. The summed E-state index contributed by atoms with van der Waals surface area (Å²) in [4.78, 5) is 11.5. The summed E-state index contributed by atoms with van der Waals surface area (Å²) in [7, 11) is 0. The zero-order valence-corrected chi connectivity index (χ0v) is 11.2. The van der Waals surface area contributed by atoms with Gasteiger partial charge in [-0.2, -0.15) is 0 Å². The van der Waals surface area contributed by atoms with Crippen LogP contribution in [0.4, 0.5) is 0 Å². The van der Waals surface area contributed by atoms with Crippen LogP contribution in [0.1, 0.15) is 51.4 Å². The van der Waals surface area contributed by atoms with Crippen LogP contribution in [0.25, 0.3) is 0 Å². The van der Waals surface area contributed by atoms with Crippen LogP contribution in [0.5, 0.6) is 0 Å². The molecule has 0 atom stereocenters. The van der Waals surface area contributed by atoms with E-state index in [1.807, 2.05) is 0 Å². The molecule has 3 heteroatoms. The van der Waals surface area contributed by atoms with Crippen LogP contribution in [0, 0.1) is 0 Å². The van der Waals surface area contributed by atoms with Gasteiger partial charge in [-0.15, -0.1) is 0 Å². The standard InChI is InChI=1S/C12H18INO/c13-12-10(7-4-8-11(12)15)14-9-5-2-1-3-6-9/h9,14H,1-8H2. The van der Waals surface area contributed by atoms with Crippen LogP contribution in [-0.4, -0.2) is 11.8 Å². The fourth-order valence-electron chi connectivity index (χ4n) is 2.44. The molecule has 2 nitrogen and oxygen atoms in total. The third-order valence-electron chi connectivity index (χ3n) is 3.32. The fourth-order valence-corrected chi connectivity index (χ4v) is 3.14. The number of hydrogen-bond donors (Lipinski definition) is 1. The lowest BCUT2D eigenvalue weighted by molar-refractivity contribution is -0.115. The molecule has 1 saturated carbocycles. The lowest BCUT2D eigenvalue weighted by Crippen LogP contribution is -2.32. The summed E-state index contributed by atoms with van der Waals surface area (Å²) < 4.78 is 0.962. The third-order valence-corrected chi connectivity index (χ3v) is 4.58. The van der Waals surface area contributed by atoms with E-state index in [1.165, 1.54) is 37.8 Å². The number of hydrogen-bond acceptors (Lipinski definition) is 2. The number of rotatable bonds is 2. The second-order valence-corrected chi connectivity index (χ2v) is 5.63. The van der Waals surface area contributed by atoms with Gasteiger partial charge < -0.3 is 5.32 Å². The molecule has 0 aliphatic heterocycles. The van der Waals surface area contributed by atoms with Gasteiger partial charge in [0.2, 0.25) is 0 Å². The predicted molar refractivity (Wildman–Crippen MR) is 69.9 cm³/mol. The average molecular weight is 319 g/mol. The van der Waals surface area contributed by atoms with Gasteiger partial charge in [-0.25, -0.2) is 0 Å². The zero-order chi connectivity index (χ0) is 10.7. The molecular formula is C12H18INO. The monoisotopic (exact) mass is 319 g/mol. The van der Waals surface area contributed by atoms with Gasteiger partial charge in [0.15, 0.2) is 5.78 Å². The van der Waals surface area contributed by atoms with E-state index in [9.17, 15) is 4.79 Å². The van der Waals surface area contributed by atoms with Gasteiger partial charge in [0.05, 0.1) is 3.58 Å². The Bertz CT molecular complexity index is 279. The van der Waals surface area contributed by atoms with Crippen molar-refractivity contribution in [2.75, 3.05) is 0 Å². The zero-order valence-electron chi connectivity index (χ0n) is 9.02. The number of allylic oxidation sites excluding steroid dienone is 2. The quantitative estimate of drug-likeness (QED) is 0.791. The van der Waals surface area contributed by atoms with Crippen molar-refractivity contribution in [1.82, 2.24) is 5.32 Å². The van der Waals surface area contributed by atoms with Crippen LogP contribution in [0.3, 0.4) is 0 Å². The van der Waals surface area contributed by atoms with E-state index in [0.29, 0.717) is 11.8 Å². The first-order chi connectivity index (χ1) is 7.27. The number of carbonyl (C=O) groups excluding carboxylic acids is 1. The van der Waals surface area contributed by atoms with E-state index in [0.717, 1.165) is 22.8 Å². The summed E-state index contributed by atoms with van der Waals surface area (Å²) in [6, 6.07) is 0.629. The van der Waals surface area contributed by atoms with Crippen molar-refractivity contribution in [2.45, 2.75) is 57.4 Å². The Morgan fingerprint density at radius 2 is 1.80 bits per heavy atom. The minimum Gasteiger partial charge on any atom is -0.385 e. The van der Waals surface area contributed by atoms with Gasteiger partial charge in [-0.1, -0.05) is 19.3 Å². The molecule has 2 rings (SSSR count). The van der Waals surface area contributed by atoms with Crippen molar-refractivity contribution < 1.29 is 4.79 Å². The smallest absolute Gasteiger partial charge is 0.170 e. The van der Waals surface area contributed by atoms with Crippen molar-refractivity contribution in [2.24, 2.45) is 0 Å². The van der Waals surface area contributed by atoms with E-state index in [1.54, 1.807) is 0 Å². The number of Topliss-reactive ketones (excluding diaryl/α,β-unsaturated/α-hetero) is 1. The largest absolute Gasteiger partial charge is 0.385 e. The molecule has 0 unspecified atom stereocenters. The van der Waals surface area contributed by atoms with Crippen molar-refractivity contribution in [3.05, 3.63) is 9.28 Å². The van der Waals surface area contributed by atoms with Crippen molar-refractivity contribution in [1.29, 1.82) is 0 Å². The molecular weight excluding hydrogens is 301 g/mol. The molecule has 0 aromatic heterocycles. The van der Waals surface area contributed by atoms with Gasteiger partial charge in [0.1, 0.15) is 0 Å². The molecule has 2 aliphatic carbocycles. The maximum absolute atomic E-state index is 11.5. The van der Waals surface area contributed by atoms with Crippen molar-refractivity contribution in [3.63, 3.8) is 0 Å². The highest BCUT2D eigenvalue weighted by molar-refractivity contribution is 14.1. The number of ketones is 1. The molecule has 0 saturated heterocycles. The number of nitrogens with one attached hydrogen (secondary N) is 1. The van der Waals surface area contributed by atoms with Crippen molar-refractivity contribution >= 4 is 28.4 Å². The number of halogens is 1.